The summed E-state index contributed by atoms with van der Waals surface area (Å²) in [7, 11) is 0. The van der Waals surface area contributed by atoms with Crippen LogP contribution in [0.5, 0.6) is 0 Å². The Hall–Kier alpha value is -3.85. The van der Waals surface area contributed by atoms with Crippen LogP contribution < -0.4 is 12.4 Å². The van der Waals surface area contributed by atoms with E-state index in [0.29, 0.717) is 17.5 Å². The Kier molecular flexibility index (Phi) is 4.60. The van der Waals surface area contributed by atoms with Gasteiger partial charge in [-0.05, 0) is 0 Å². The van der Waals surface area contributed by atoms with Crippen molar-refractivity contribution in [2.75, 3.05) is 4.90 Å². The molecule has 2 aromatic carbocycles. The molecular weight excluding hydrogens is 550 g/mol. The molecule has 6 heteroatoms. The molecule has 2 aliphatic carbocycles. The van der Waals surface area contributed by atoms with E-state index in [2.05, 4.69) is 33.1 Å². The normalized spacial score (nSPS) is 16.1. The van der Waals surface area contributed by atoms with Gasteiger partial charge >= 0.3 is 188 Å². The first-order chi connectivity index (χ1) is 17.2. The zero-order valence-corrected chi connectivity index (χ0v) is 20.8. The number of nitrogens with zero attached hydrogens (tertiary/aromatic N) is 3. The summed E-state index contributed by atoms with van der Waals surface area (Å²) in [5.41, 5.74) is 5.43. The number of hydrogen-bond donors (Lipinski definition) is 0. The third-order valence-electron chi connectivity index (χ3n) is 6.53. The number of anilines is 2. The Bertz CT molecular complexity index is 1600. The fourth-order valence-corrected chi connectivity index (χ4v) is 7.58. The van der Waals surface area contributed by atoms with E-state index >= 15 is 0 Å². The number of carbonyl (C=O) groups is 2. The van der Waals surface area contributed by atoms with Crippen LogP contribution in [0.3, 0.4) is 0 Å². The molecule has 0 saturated carbocycles. The summed E-state index contributed by atoms with van der Waals surface area (Å²) in [6, 6.07) is 19.6. The van der Waals surface area contributed by atoms with Crippen LogP contribution in [0, 0.1) is 0 Å². The summed E-state index contributed by atoms with van der Waals surface area (Å²) < 4.78 is 2.22. The number of fused-ring (bicyclic) bond motifs is 4. The van der Waals surface area contributed by atoms with Crippen LogP contribution in [0.15, 0.2) is 108 Å². The first-order valence-corrected chi connectivity index (χ1v) is 13.6. The van der Waals surface area contributed by atoms with Crippen LogP contribution in [0.1, 0.15) is 27.1 Å². The zero-order valence-electron chi connectivity index (χ0n) is 18.4. The van der Waals surface area contributed by atoms with Crippen molar-refractivity contribution in [2.24, 2.45) is 0 Å². The van der Waals surface area contributed by atoms with Gasteiger partial charge in [-0.25, -0.2) is 0 Å². The van der Waals surface area contributed by atoms with Crippen molar-refractivity contribution in [2.45, 2.75) is 6.42 Å². The second-order valence-electron chi connectivity index (χ2n) is 8.63. The number of allylic oxidation sites excluding steroid dienone is 5. The topological polar surface area (TPSA) is 63.2 Å². The average Bonchev–Trinajstić information content (AvgIpc) is 3.44. The maximum absolute atomic E-state index is 13.2. The second-order valence-corrected chi connectivity index (χ2v) is 11.4. The monoisotopic (exact) mass is 569 g/mol. The molecule has 0 saturated heterocycles. The van der Waals surface area contributed by atoms with E-state index in [4.69, 9.17) is 0 Å². The third-order valence-corrected chi connectivity index (χ3v) is 9.43. The Morgan fingerprint density at radius 2 is 1.37 bits per heavy atom. The van der Waals surface area contributed by atoms with E-state index in [-0.39, 0.29) is 17.1 Å². The molecule has 0 N–H and O–H groups in total. The molecule has 0 radical (unpaired) electrons. The van der Waals surface area contributed by atoms with Crippen LogP contribution in [-0.4, -0.2) is 42.5 Å². The second kappa shape index (κ2) is 7.84. The molecule has 1 aliphatic heterocycles. The molecule has 0 amide bonds. The molecule has 35 heavy (non-hydrogen) atoms. The number of carbonyl (C=O) groups excluding carboxylic acids is 2. The number of rotatable bonds is 2. The minimum atomic E-state index is -0.661. The van der Waals surface area contributed by atoms with E-state index in [1.165, 1.54) is 0 Å². The summed E-state index contributed by atoms with van der Waals surface area (Å²) in [6.45, 7) is 0. The molecule has 3 heterocycles. The molecule has 0 unspecified atom stereocenters. The Morgan fingerprint density at radius 3 is 1.97 bits per heavy atom. The summed E-state index contributed by atoms with van der Waals surface area (Å²) in [5, 5.41) is 1.93. The van der Waals surface area contributed by atoms with Gasteiger partial charge in [0.25, 0.3) is 0 Å². The summed E-state index contributed by atoms with van der Waals surface area (Å²) >= 11 is -0.661. The van der Waals surface area contributed by atoms with Crippen LogP contribution in [-0.2, 0) is 0 Å². The van der Waals surface area contributed by atoms with Crippen LogP contribution in [0.4, 0.5) is 11.4 Å². The van der Waals surface area contributed by atoms with Crippen LogP contribution >= 0.6 is 0 Å². The van der Waals surface area contributed by atoms with Crippen molar-refractivity contribution < 1.29 is 9.59 Å². The van der Waals surface area contributed by atoms with E-state index in [9.17, 15) is 9.59 Å². The molecule has 2 aromatic heterocycles. The average molecular weight is 567 g/mol. The first kappa shape index (κ1) is 20.5. The fraction of sp³-hybridized carbons (Fsp3) is 0.0345. The van der Waals surface area contributed by atoms with Gasteiger partial charge in [-0.15, -0.1) is 0 Å². The molecule has 5 nitrogen and oxygen atoms in total. The molecule has 0 bridgehead atoms. The minimum absolute atomic E-state index is 0.196. The number of benzene rings is 2. The van der Waals surface area contributed by atoms with Crippen molar-refractivity contribution >= 4 is 62.1 Å². The Morgan fingerprint density at radius 1 is 0.771 bits per heavy atom. The van der Waals surface area contributed by atoms with E-state index in [0.717, 1.165) is 40.9 Å². The number of pyridine rings is 2. The fourth-order valence-electron chi connectivity index (χ4n) is 4.90. The summed E-state index contributed by atoms with van der Waals surface area (Å²) in [4.78, 5) is 37.9. The number of aromatic nitrogens is 2. The van der Waals surface area contributed by atoms with Gasteiger partial charge in [-0.2, -0.15) is 0 Å². The molecular formula is C29H17N3O2Te. The van der Waals surface area contributed by atoms with Gasteiger partial charge in [0, 0.05) is 0 Å². The first-order valence-electron chi connectivity index (χ1n) is 11.3. The molecule has 0 spiro atoms. The van der Waals surface area contributed by atoms with Gasteiger partial charge < -0.3 is 0 Å². The zero-order chi connectivity index (χ0) is 23.5. The summed E-state index contributed by atoms with van der Waals surface area (Å²) in [6.07, 6.45) is 10.1. The molecule has 166 valence electrons. The van der Waals surface area contributed by atoms with Gasteiger partial charge in [0.1, 0.15) is 0 Å². The number of ketones is 2. The van der Waals surface area contributed by atoms with Crippen LogP contribution in [0.2, 0.25) is 0 Å². The Balaban J connectivity index is 1.22. The molecule has 7 rings (SSSR count). The predicted octanol–water partition coefficient (Wildman–Crippen LogP) is 3.96. The molecule has 3 aliphatic rings. The van der Waals surface area contributed by atoms with Gasteiger partial charge in [0.15, 0.2) is 0 Å². The molecule has 4 aromatic rings. The van der Waals surface area contributed by atoms with E-state index < -0.39 is 20.9 Å². The van der Waals surface area contributed by atoms with E-state index in [1.807, 2.05) is 67.0 Å². The Labute approximate surface area is 211 Å². The van der Waals surface area contributed by atoms with Gasteiger partial charge in [0.2, 0.25) is 0 Å². The van der Waals surface area contributed by atoms with Crippen molar-refractivity contribution in [3.05, 3.63) is 119 Å². The SMILES string of the molecule is O=C1C(=CC2=CC=C(N3c4cccnc4[Te]c4ncccc43)C2)C(=O)c2cc3ccccc3cc21. The predicted molar refractivity (Wildman–Crippen MR) is 137 cm³/mol. The van der Waals surface area contributed by atoms with Crippen molar-refractivity contribution in [1.82, 2.24) is 9.97 Å². The summed E-state index contributed by atoms with van der Waals surface area (Å²) in [5.74, 6) is -0.393. The molecule has 0 fully saturated rings. The van der Waals surface area contributed by atoms with Gasteiger partial charge in [0.05, 0.1) is 0 Å². The van der Waals surface area contributed by atoms with Crippen LogP contribution in [0.25, 0.3) is 10.8 Å². The van der Waals surface area contributed by atoms with Gasteiger partial charge in [-0.3, -0.25) is 0 Å². The third kappa shape index (κ3) is 3.22. The number of Topliss-reactive ketones (excluding diaryl/α,β-unsaturated/α-hetero) is 2. The number of hydrogen-bond acceptors (Lipinski definition) is 5. The van der Waals surface area contributed by atoms with Crippen molar-refractivity contribution in [1.29, 1.82) is 0 Å². The van der Waals surface area contributed by atoms with Crippen molar-refractivity contribution in [3.63, 3.8) is 0 Å². The maximum atomic E-state index is 13.2. The standard InChI is InChI=1S/C29H17N3O2Te/c33-26-21-15-18-5-1-2-6-19(18)16-22(21)27(34)23(26)14-17-9-10-20(13-17)32-24-7-3-11-30-28(24)35-29-25(32)8-4-12-31-29/h1-12,14-16H,13H2. The van der Waals surface area contributed by atoms with E-state index in [1.54, 1.807) is 6.08 Å². The van der Waals surface area contributed by atoms with Crippen molar-refractivity contribution in [3.8, 4) is 0 Å². The molecule has 0 atom stereocenters. The van der Waals surface area contributed by atoms with Gasteiger partial charge in [-0.1, -0.05) is 24.3 Å². The quantitative estimate of drug-likeness (QED) is 0.209.